The van der Waals surface area contributed by atoms with Gasteiger partial charge in [0, 0.05) is 24.7 Å². The number of benzene rings is 1. The molecule has 17 heavy (non-hydrogen) atoms. The molecule has 3 heteroatoms. The van der Waals surface area contributed by atoms with E-state index >= 15 is 0 Å². The van der Waals surface area contributed by atoms with Crippen LogP contribution in [0.15, 0.2) is 24.3 Å². The fourth-order valence-electron chi connectivity index (χ4n) is 2.52. The normalized spacial score (nSPS) is 27.3. The Kier molecular flexibility index (Phi) is 3.79. The van der Waals surface area contributed by atoms with Crippen molar-refractivity contribution in [1.29, 1.82) is 0 Å². The van der Waals surface area contributed by atoms with Gasteiger partial charge >= 0.3 is 0 Å². The Morgan fingerprint density at radius 2 is 2.00 bits per heavy atom. The van der Waals surface area contributed by atoms with Gasteiger partial charge in [0.15, 0.2) is 0 Å². The fourth-order valence-corrected chi connectivity index (χ4v) is 2.52. The van der Waals surface area contributed by atoms with Gasteiger partial charge in [-0.15, -0.1) is 0 Å². The summed E-state index contributed by atoms with van der Waals surface area (Å²) >= 11 is 0. The monoisotopic (exact) mass is 236 g/mol. The molecule has 1 fully saturated rings. The van der Waals surface area contributed by atoms with Crippen LogP contribution in [0.3, 0.4) is 0 Å². The largest absolute Gasteiger partial charge is 0.306 e. The highest BCUT2D eigenvalue weighted by Gasteiger charge is 2.26. The van der Waals surface area contributed by atoms with E-state index in [1.54, 1.807) is 0 Å². The fraction of sp³-hybridized carbons (Fsp3) is 0.571. The third-order valence-electron chi connectivity index (χ3n) is 3.74. The minimum Gasteiger partial charge on any atom is -0.306 e. The van der Waals surface area contributed by atoms with Gasteiger partial charge in [0.25, 0.3) is 0 Å². The average Bonchev–Trinajstić information content (AvgIpc) is 2.58. The maximum absolute atomic E-state index is 12.8. The van der Waals surface area contributed by atoms with Gasteiger partial charge in [-0.1, -0.05) is 12.1 Å². The van der Waals surface area contributed by atoms with Crippen LogP contribution in [0.2, 0.25) is 0 Å². The molecule has 0 spiro atoms. The second-order valence-electron chi connectivity index (χ2n) is 5.16. The lowest BCUT2D eigenvalue weighted by molar-refractivity contribution is 0.325. The van der Waals surface area contributed by atoms with Crippen LogP contribution in [-0.4, -0.2) is 30.6 Å². The summed E-state index contributed by atoms with van der Waals surface area (Å²) in [6.45, 7) is 5.48. The van der Waals surface area contributed by atoms with Crippen LogP contribution in [-0.2, 0) is 0 Å². The van der Waals surface area contributed by atoms with Crippen LogP contribution in [0, 0.1) is 5.82 Å². The molecule has 1 heterocycles. The van der Waals surface area contributed by atoms with Crippen LogP contribution in [0.4, 0.5) is 4.39 Å². The van der Waals surface area contributed by atoms with Gasteiger partial charge in [-0.2, -0.15) is 0 Å². The lowest BCUT2D eigenvalue weighted by Gasteiger charge is -2.19. The predicted molar refractivity (Wildman–Crippen MR) is 68.4 cm³/mol. The summed E-state index contributed by atoms with van der Waals surface area (Å²) in [7, 11) is 2.16. The van der Waals surface area contributed by atoms with Gasteiger partial charge in [-0.25, -0.2) is 4.39 Å². The summed E-state index contributed by atoms with van der Waals surface area (Å²) in [5.41, 5.74) is 1.15. The summed E-state index contributed by atoms with van der Waals surface area (Å²) in [6, 6.07) is 8.22. The minimum absolute atomic E-state index is 0.171. The van der Waals surface area contributed by atoms with Crippen molar-refractivity contribution in [2.45, 2.75) is 38.4 Å². The van der Waals surface area contributed by atoms with E-state index < -0.39 is 0 Å². The molecule has 0 saturated carbocycles. The molecule has 0 bridgehead atoms. The Bertz CT molecular complexity index is 353. The SMILES string of the molecule is CC1CC(N[C@H](C)c2ccc(F)cc2)CN1C. The van der Waals surface area contributed by atoms with Gasteiger partial charge in [0.05, 0.1) is 0 Å². The number of nitrogens with zero attached hydrogens (tertiary/aromatic N) is 1. The third-order valence-corrected chi connectivity index (χ3v) is 3.74. The van der Waals surface area contributed by atoms with Crippen molar-refractivity contribution < 1.29 is 4.39 Å². The maximum Gasteiger partial charge on any atom is 0.123 e. The summed E-state index contributed by atoms with van der Waals surface area (Å²) in [5.74, 6) is -0.171. The molecule has 1 aromatic rings. The quantitative estimate of drug-likeness (QED) is 0.867. The van der Waals surface area contributed by atoms with Crippen LogP contribution < -0.4 is 5.32 Å². The molecule has 0 amide bonds. The number of likely N-dealkylation sites (tertiary alicyclic amines) is 1. The molecule has 1 N–H and O–H groups in total. The highest BCUT2D eigenvalue weighted by molar-refractivity contribution is 5.19. The van der Waals surface area contributed by atoms with Gasteiger partial charge in [-0.05, 0) is 45.0 Å². The van der Waals surface area contributed by atoms with Gasteiger partial charge < -0.3 is 10.2 Å². The van der Waals surface area contributed by atoms with E-state index in [4.69, 9.17) is 0 Å². The van der Waals surface area contributed by atoms with E-state index in [1.807, 2.05) is 12.1 Å². The van der Waals surface area contributed by atoms with Crippen molar-refractivity contribution in [1.82, 2.24) is 10.2 Å². The molecule has 1 aromatic carbocycles. The first-order valence-electron chi connectivity index (χ1n) is 6.28. The summed E-state index contributed by atoms with van der Waals surface area (Å²) in [4.78, 5) is 2.37. The number of nitrogens with one attached hydrogen (secondary N) is 1. The number of halogens is 1. The average molecular weight is 236 g/mol. The molecule has 0 radical (unpaired) electrons. The highest BCUT2D eigenvalue weighted by atomic mass is 19.1. The van der Waals surface area contributed by atoms with E-state index in [-0.39, 0.29) is 11.9 Å². The van der Waals surface area contributed by atoms with Crippen molar-refractivity contribution in [2.75, 3.05) is 13.6 Å². The standard InChI is InChI=1S/C14H21FN2/c1-10-8-14(9-17(10)3)16-11(2)12-4-6-13(15)7-5-12/h4-7,10-11,14,16H,8-9H2,1-3H3/t10?,11-,14?/m1/s1. The van der Waals surface area contributed by atoms with Gasteiger partial charge in [-0.3, -0.25) is 0 Å². The molecule has 2 unspecified atom stereocenters. The smallest absolute Gasteiger partial charge is 0.123 e. The second kappa shape index (κ2) is 5.15. The van der Waals surface area contributed by atoms with Crippen LogP contribution in [0.25, 0.3) is 0 Å². The molecule has 3 atom stereocenters. The lowest BCUT2D eigenvalue weighted by Crippen LogP contribution is -2.33. The number of likely N-dealkylation sites (N-methyl/N-ethyl adjacent to an activating group) is 1. The summed E-state index contributed by atoms with van der Waals surface area (Å²) in [6.07, 6.45) is 1.18. The van der Waals surface area contributed by atoms with E-state index in [0.29, 0.717) is 12.1 Å². The van der Waals surface area contributed by atoms with Crippen LogP contribution >= 0.6 is 0 Å². The maximum atomic E-state index is 12.8. The van der Waals surface area contributed by atoms with Crippen LogP contribution in [0.1, 0.15) is 31.9 Å². The Morgan fingerprint density at radius 1 is 1.35 bits per heavy atom. The molecule has 1 aliphatic rings. The topological polar surface area (TPSA) is 15.3 Å². The molecule has 94 valence electrons. The van der Waals surface area contributed by atoms with Crippen molar-refractivity contribution in [3.63, 3.8) is 0 Å². The Hall–Kier alpha value is -0.930. The van der Waals surface area contributed by atoms with Gasteiger partial charge in [0.2, 0.25) is 0 Å². The van der Waals surface area contributed by atoms with Gasteiger partial charge in [0.1, 0.15) is 5.82 Å². The second-order valence-corrected chi connectivity index (χ2v) is 5.16. The molecule has 2 nitrogen and oxygen atoms in total. The molecule has 0 aromatic heterocycles. The first-order chi connectivity index (χ1) is 8.06. The minimum atomic E-state index is -0.171. The highest BCUT2D eigenvalue weighted by Crippen LogP contribution is 2.19. The Balaban J connectivity index is 1.93. The van der Waals surface area contributed by atoms with E-state index in [0.717, 1.165) is 12.1 Å². The molecule has 2 rings (SSSR count). The Morgan fingerprint density at radius 3 is 2.53 bits per heavy atom. The lowest BCUT2D eigenvalue weighted by atomic mass is 10.1. The number of hydrogen-bond donors (Lipinski definition) is 1. The molecule has 1 aliphatic heterocycles. The zero-order chi connectivity index (χ0) is 12.4. The zero-order valence-corrected chi connectivity index (χ0v) is 10.8. The van der Waals surface area contributed by atoms with E-state index in [2.05, 4.69) is 31.1 Å². The molecular formula is C14H21FN2. The first kappa shape index (κ1) is 12.5. The van der Waals surface area contributed by atoms with Crippen molar-refractivity contribution in [3.8, 4) is 0 Å². The number of hydrogen-bond acceptors (Lipinski definition) is 2. The van der Waals surface area contributed by atoms with E-state index in [1.165, 1.54) is 18.6 Å². The molecule has 0 aliphatic carbocycles. The first-order valence-corrected chi connectivity index (χ1v) is 6.28. The summed E-state index contributed by atoms with van der Waals surface area (Å²) < 4.78 is 12.8. The van der Waals surface area contributed by atoms with Crippen LogP contribution in [0.5, 0.6) is 0 Å². The number of rotatable bonds is 3. The zero-order valence-electron chi connectivity index (χ0n) is 10.8. The van der Waals surface area contributed by atoms with Crippen molar-refractivity contribution in [2.24, 2.45) is 0 Å². The predicted octanol–water partition coefficient (Wildman–Crippen LogP) is 2.57. The molecule has 1 saturated heterocycles. The summed E-state index contributed by atoms with van der Waals surface area (Å²) in [5, 5.41) is 3.61. The Labute approximate surface area is 103 Å². The third kappa shape index (κ3) is 3.05. The van der Waals surface area contributed by atoms with Crippen molar-refractivity contribution >= 4 is 0 Å². The van der Waals surface area contributed by atoms with Crippen molar-refractivity contribution in [3.05, 3.63) is 35.6 Å². The van der Waals surface area contributed by atoms with E-state index in [9.17, 15) is 4.39 Å². The molecular weight excluding hydrogens is 215 g/mol.